The summed E-state index contributed by atoms with van der Waals surface area (Å²) in [4.78, 5) is 12.0. The summed E-state index contributed by atoms with van der Waals surface area (Å²) < 4.78 is 5.70. The quantitative estimate of drug-likeness (QED) is 0.632. The van der Waals surface area contributed by atoms with E-state index in [0.717, 1.165) is 28.0 Å². The normalized spacial score (nSPS) is 11.1. The molecule has 132 valence electrons. The van der Waals surface area contributed by atoms with Crippen LogP contribution in [-0.2, 0) is 4.79 Å². The minimum Gasteiger partial charge on any atom is -0.483 e. The maximum Gasteiger partial charge on any atom is 0.277 e. The van der Waals surface area contributed by atoms with E-state index in [-0.39, 0.29) is 12.5 Å². The lowest BCUT2D eigenvalue weighted by atomic mass is 10.0. The first-order valence-corrected chi connectivity index (χ1v) is 8.49. The summed E-state index contributed by atoms with van der Waals surface area (Å²) in [7, 11) is 0. The molecule has 0 spiro atoms. The molecule has 0 saturated carbocycles. The summed E-state index contributed by atoms with van der Waals surface area (Å²) in [6.45, 7) is 10.2. The van der Waals surface area contributed by atoms with Gasteiger partial charge in [-0.3, -0.25) is 4.79 Å². The molecule has 0 radical (unpaired) electrons. The molecular weight excluding hydrogens is 312 g/mol. The van der Waals surface area contributed by atoms with E-state index < -0.39 is 0 Å². The Kier molecular flexibility index (Phi) is 6.34. The van der Waals surface area contributed by atoms with Crippen LogP contribution in [0.3, 0.4) is 0 Å². The Labute approximate surface area is 149 Å². The predicted molar refractivity (Wildman–Crippen MR) is 102 cm³/mol. The smallest absolute Gasteiger partial charge is 0.277 e. The van der Waals surface area contributed by atoms with Gasteiger partial charge in [-0.25, -0.2) is 5.43 Å². The number of carbonyl (C=O) groups is 1. The number of hydrogen-bond acceptors (Lipinski definition) is 3. The number of hydrogen-bond donors (Lipinski definition) is 1. The van der Waals surface area contributed by atoms with Crippen LogP contribution in [0.25, 0.3) is 0 Å². The van der Waals surface area contributed by atoms with Crippen LogP contribution < -0.4 is 10.2 Å². The summed E-state index contributed by atoms with van der Waals surface area (Å²) in [5, 5.41) is 4.01. The molecule has 0 aliphatic rings. The van der Waals surface area contributed by atoms with Crippen molar-refractivity contribution in [1.29, 1.82) is 0 Å². The lowest BCUT2D eigenvalue weighted by Crippen LogP contribution is -2.25. The average Bonchev–Trinajstić information content (AvgIpc) is 2.54. The molecule has 1 N–H and O–H groups in total. The van der Waals surface area contributed by atoms with E-state index in [1.807, 2.05) is 45.0 Å². The van der Waals surface area contributed by atoms with Gasteiger partial charge in [0.15, 0.2) is 6.61 Å². The van der Waals surface area contributed by atoms with Crippen LogP contribution in [0.4, 0.5) is 0 Å². The second-order valence-electron chi connectivity index (χ2n) is 6.64. The molecule has 0 unspecified atom stereocenters. The zero-order valence-electron chi connectivity index (χ0n) is 15.6. The molecule has 0 aliphatic carbocycles. The van der Waals surface area contributed by atoms with Gasteiger partial charge in [0.05, 0.1) is 6.21 Å². The number of carbonyl (C=O) groups excluding carboxylic acids is 1. The van der Waals surface area contributed by atoms with Gasteiger partial charge in [0.25, 0.3) is 5.91 Å². The van der Waals surface area contributed by atoms with Crippen LogP contribution in [0.2, 0.25) is 0 Å². The van der Waals surface area contributed by atoms with E-state index in [0.29, 0.717) is 5.92 Å². The van der Waals surface area contributed by atoms with Crippen molar-refractivity contribution in [2.24, 2.45) is 5.10 Å². The van der Waals surface area contributed by atoms with E-state index >= 15 is 0 Å². The number of aryl methyl sites for hydroxylation is 3. The molecule has 0 aliphatic heterocycles. The molecule has 4 nitrogen and oxygen atoms in total. The van der Waals surface area contributed by atoms with E-state index in [9.17, 15) is 4.79 Å². The SMILES string of the molecule is Cc1ccc(/C=N\NC(=O)COc2cc(C)ccc2C(C)C)c(C)c1. The van der Waals surface area contributed by atoms with Crippen molar-refractivity contribution in [2.45, 2.75) is 40.5 Å². The second kappa shape index (κ2) is 8.47. The fraction of sp³-hybridized carbons (Fsp3) is 0.333. The fourth-order valence-corrected chi connectivity index (χ4v) is 2.56. The number of amides is 1. The maximum absolute atomic E-state index is 12.0. The van der Waals surface area contributed by atoms with E-state index in [2.05, 4.69) is 36.5 Å². The highest BCUT2D eigenvalue weighted by Crippen LogP contribution is 2.27. The number of rotatable bonds is 6. The van der Waals surface area contributed by atoms with Gasteiger partial charge in [-0.1, -0.05) is 49.7 Å². The van der Waals surface area contributed by atoms with E-state index in [1.54, 1.807) is 6.21 Å². The van der Waals surface area contributed by atoms with Crippen molar-refractivity contribution in [3.8, 4) is 5.75 Å². The molecule has 0 atom stereocenters. The Morgan fingerprint density at radius 3 is 2.48 bits per heavy atom. The van der Waals surface area contributed by atoms with Crippen molar-refractivity contribution >= 4 is 12.1 Å². The van der Waals surface area contributed by atoms with Gasteiger partial charge in [-0.05, 0) is 55.0 Å². The number of hydrazone groups is 1. The Morgan fingerprint density at radius 1 is 1.12 bits per heavy atom. The predicted octanol–water partition coefficient (Wildman–Crippen LogP) is 4.26. The van der Waals surface area contributed by atoms with Gasteiger partial charge in [-0.2, -0.15) is 5.10 Å². The highest BCUT2D eigenvalue weighted by atomic mass is 16.5. The van der Waals surface area contributed by atoms with Gasteiger partial charge in [0.1, 0.15) is 5.75 Å². The Balaban J connectivity index is 1.93. The van der Waals surface area contributed by atoms with Crippen molar-refractivity contribution in [2.75, 3.05) is 6.61 Å². The number of nitrogens with zero attached hydrogens (tertiary/aromatic N) is 1. The monoisotopic (exact) mass is 338 g/mol. The Hall–Kier alpha value is -2.62. The van der Waals surface area contributed by atoms with Gasteiger partial charge in [0.2, 0.25) is 0 Å². The van der Waals surface area contributed by atoms with Gasteiger partial charge >= 0.3 is 0 Å². The van der Waals surface area contributed by atoms with E-state index in [4.69, 9.17) is 4.74 Å². The number of nitrogens with one attached hydrogen (secondary N) is 1. The lowest BCUT2D eigenvalue weighted by Gasteiger charge is -2.14. The standard InChI is InChI=1S/C21H26N2O2/c1-14(2)19-9-7-16(4)11-20(19)25-13-21(24)23-22-12-18-8-6-15(3)10-17(18)5/h6-12,14H,13H2,1-5H3,(H,23,24)/b22-12-. The first-order valence-electron chi connectivity index (χ1n) is 8.49. The molecule has 25 heavy (non-hydrogen) atoms. The molecule has 4 heteroatoms. The summed E-state index contributed by atoms with van der Waals surface area (Å²) in [6.07, 6.45) is 1.65. The third kappa shape index (κ3) is 5.45. The number of ether oxygens (including phenoxy) is 1. The van der Waals surface area contributed by atoms with Crippen molar-refractivity contribution < 1.29 is 9.53 Å². The van der Waals surface area contributed by atoms with Crippen molar-refractivity contribution in [3.63, 3.8) is 0 Å². The van der Waals surface area contributed by atoms with Crippen molar-refractivity contribution in [1.82, 2.24) is 5.43 Å². The second-order valence-corrected chi connectivity index (χ2v) is 6.64. The molecule has 1 amide bonds. The zero-order valence-corrected chi connectivity index (χ0v) is 15.6. The van der Waals surface area contributed by atoms with Gasteiger partial charge in [-0.15, -0.1) is 0 Å². The number of benzene rings is 2. The topological polar surface area (TPSA) is 50.7 Å². The molecule has 0 fully saturated rings. The third-order valence-electron chi connectivity index (χ3n) is 3.97. The van der Waals surface area contributed by atoms with Gasteiger partial charge in [0, 0.05) is 0 Å². The minimum absolute atomic E-state index is 0.0621. The molecule has 0 saturated heterocycles. The van der Waals surface area contributed by atoms with Crippen LogP contribution in [0.5, 0.6) is 5.75 Å². The highest BCUT2D eigenvalue weighted by molar-refractivity contribution is 5.84. The highest BCUT2D eigenvalue weighted by Gasteiger charge is 2.10. The van der Waals surface area contributed by atoms with Crippen LogP contribution in [0.1, 0.15) is 47.6 Å². The molecular formula is C21H26N2O2. The summed E-state index contributed by atoms with van der Waals surface area (Å²) in [5.41, 5.74) is 8.01. The maximum atomic E-state index is 12.0. The summed E-state index contributed by atoms with van der Waals surface area (Å²) in [5.74, 6) is 0.807. The van der Waals surface area contributed by atoms with E-state index in [1.165, 1.54) is 5.56 Å². The Bertz CT molecular complexity index is 779. The van der Waals surface area contributed by atoms with Crippen LogP contribution >= 0.6 is 0 Å². The molecule has 2 aromatic carbocycles. The first-order chi connectivity index (χ1) is 11.9. The molecule has 2 aromatic rings. The lowest BCUT2D eigenvalue weighted by molar-refractivity contribution is -0.123. The Morgan fingerprint density at radius 2 is 1.80 bits per heavy atom. The molecule has 0 aromatic heterocycles. The zero-order chi connectivity index (χ0) is 18.4. The third-order valence-corrected chi connectivity index (χ3v) is 3.97. The summed E-state index contributed by atoms with van der Waals surface area (Å²) in [6, 6.07) is 12.1. The first kappa shape index (κ1) is 18.7. The summed E-state index contributed by atoms with van der Waals surface area (Å²) >= 11 is 0. The van der Waals surface area contributed by atoms with Crippen LogP contribution in [0.15, 0.2) is 41.5 Å². The molecule has 0 bridgehead atoms. The average molecular weight is 338 g/mol. The molecule has 0 heterocycles. The minimum atomic E-state index is -0.280. The van der Waals surface area contributed by atoms with Crippen LogP contribution in [-0.4, -0.2) is 18.7 Å². The van der Waals surface area contributed by atoms with Crippen LogP contribution in [0, 0.1) is 20.8 Å². The largest absolute Gasteiger partial charge is 0.483 e. The fourth-order valence-electron chi connectivity index (χ4n) is 2.56. The van der Waals surface area contributed by atoms with Crippen molar-refractivity contribution in [3.05, 3.63) is 64.2 Å². The van der Waals surface area contributed by atoms with Gasteiger partial charge < -0.3 is 4.74 Å². The molecule has 2 rings (SSSR count).